The normalized spacial score (nSPS) is 11.5. The summed E-state index contributed by atoms with van der Waals surface area (Å²) < 4.78 is 44.6. The number of benzene rings is 3. The summed E-state index contributed by atoms with van der Waals surface area (Å²) in [5.74, 6) is 0.0514. The van der Waals surface area contributed by atoms with E-state index >= 15 is 0 Å². The van der Waals surface area contributed by atoms with Crippen LogP contribution < -0.4 is 10.2 Å². The minimum Gasteiger partial charge on any atom is -0.489 e. The topological polar surface area (TPSA) is 50.7 Å². The van der Waals surface area contributed by atoms with Crippen LogP contribution in [0, 0.1) is 6.92 Å². The fourth-order valence-electron chi connectivity index (χ4n) is 2.65. The van der Waals surface area contributed by atoms with Gasteiger partial charge in [0.2, 0.25) is 0 Å². The van der Waals surface area contributed by atoms with Crippen LogP contribution in [0.4, 0.5) is 13.2 Å². The molecule has 7 heteroatoms. The van der Waals surface area contributed by atoms with Crippen LogP contribution in [-0.4, -0.2) is 12.1 Å². The number of carbonyl (C=O) groups excluding carboxylic acids is 1. The summed E-state index contributed by atoms with van der Waals surface area (Å²) in [4.78, 5) is 12.2. The van der Waals surface area contributed by atoms with E-state index in [9.17, 15) is 18.0 Å². The molecular weight excluding hydrogens is 393 g/mol. The Morgan fingerprint density at radius 1 is 1.00 bits per heavy atom. The molecule has 30 heavy (non-hydrogen) atoms. The van der Waals surface area contributed by atoms with Crippen molar-refractivity contribution in [2.75, 3.05) is 0 Å². The molecule has 0 aliphatic heterocycles. The standard InChI is InChI=1S/C23H19F3N2O2/c1-16-6-8-17(9-7-16)15-30-20-12-10-18(11-13-20)22(29)28-27-14-19-4-2-3-5-21(19)23(24,25)26/h2-14H,15H2,1H3,(H,28,29)/b27-14+. The van der Waals surface area contributed by atoms with Gasteiger partial charge in [-0.3, -0.25) is 4.79 Å². The van der Waals surface area contributed by atoms with Crippen molar-refractivity contribution in [2.24, 2.45) is 5.10 Å². The molecule has 0 heterocycles. The minimum atomic E-state index is -4.50. The van der Waals surface area contributed by atoms with Gasteiger partial charge in [-0.25, -0.2) is 5.43 Å². The Hall–Kier alpha value is -3.61. The molecule has 0 atom stereocenters. The highest BCUT2D eigenvalue weighted by molar-refractivity contribution is 5.95. The third kappa shape index (κ3) is 5.70. The minimum absolute atomic E-state index is 0.134. The number of alkyl halides is 3. The molecule has 3 rings (SSSR count). The molecule has 0 bridgehead atoms. The lowest BCUT2D eigenvalue weighted by Crippen LogP contribution is -2.18. The zero-order chi connectivity index (χ0) is 21.6. The van der Waals surface area contributed by atoms with Crippen molar-refractivity contribution in [3.05, 3.63) is 101 Å². The second-order valence-electron chi connectivity index (χ2n) is 6.58. The molecule has 0 saturated heterocycles. The van der Waals surface area contributed by atoms with Gasteiger partial charge in [-0.15, -0.1) is 0 Å². The van der Waals surface area contributed by atoms with E-state index in [1.807, 2.05) is 31.2 Å². The highest BCUT2D eigenvalue weighted by atomic mass is 19.4. The number of nitrogens with zero attached hydrogens (tertiary/aromatic N) is 1. The van der Waals surface area contributed by atoms with Gasteiger partial charge in [0, 0.05) is 11.1 Å². The molecule has 0 saturated carbocycles. The van der Waals surface area contributed by atoms with Crippen LogP contribution in [0.25, 0.3) is 0 Å². The predicted octanol–water partition coefficient (Wildman–Crippen LogP) is 5.36. The van der Waals surface area contributed by atoms with Crippen LogP contribution in [0.5, 0.6) is 5.75 Å². The van der Waals surface area contributed by atoms with Crippen molar-refractivity contribution >= 4 is 12.1 Å². The van der Waals surface area contributed by atoms with Gasteiger partial charge in [-0.05, 0) is 42.8 Å². The molecule has 0 aliphatic rings. The fourth-order valence-corrected chi connectivity index (χ4v) is 2.65. The molecule has 0 radical (unpaired) electrons. The van der Waals surface area contributed by atoms with Crippen LogP contribution in [0.15, 0.2) is 77.9 Å². The van der Waals surface area contributed by atoms with E-state index < -0.39 is 17.6 Å². The highest BCUT2D eigenvalue weighted by Crippen LogP contribution is 2.31. The number of hydrazone groups is 1. The SMILES string of the molecule is Cc1ccc(COc2ccc(C(=O)N/N=C/c3ccccc3C(F)(F)F)cc2)cc1. The molecule has 1 N–H and O–H groups in total. The first-order valence-electron chi connectivity index (χ1n) is 9.11. The summed E-state index contributed by atoms with van der Waals surface area (Å²) >= 11 is 0. The Balaban J connectivity index is 1.57. The van der Waals surface area contributed by atoms with Gasteiger partial charge in [0.05, 0.1) is 11.8 Å². The van der Waals surface area contributed by atoms with Gasteiger partial charge >= 0.3 is 6.18 Å². The summed E-state index contributed by atoms with van der Waals surface area (Å²) in [7, 11) is 0. The molecular formula is C23H19F3N2O2. The molecule has 3 aromatic carbocycles. The quantitative estimate of drug-likeness (QED) is 0.438. The maximum Gasteiger partial charge on any atom is 0.417 e. The van der Waals surface area contributed by atoms with Gasteiger partial charge in [-0.1, -0.05) is 48.0 Å². The first-order chi connectivity index (χ1) is 14.3. The maximum absolute atomic E-state index is 13.0. The predicted molar refractivity (Wildman–Crippen MR) is 108 cm³/mol. The summed E-state index contributed by atoms with van der Waals surface area (Å²) in [6, 6.07) is 19.3. The monoisotopic (exact) mass is 412 g/mol. The number of hydrogen-bond acceptors (Lipinski definition) is 3. The molecule has 0 aromatic heterocycles. The first kappa shape index (κ1) is 21.1. The van der Waals surface area contributed by atoms with Crippen LogP contribution in [-0.2, 0) is 12.8 Å². The van der Waals surface area contributed by atoms with Crippen molar-refractivity contribution in [3.63, 3.8) is 0 Å². The number of ether oxygens (including phenoxy) is 1. The lowest BCUT2D eigenvalue weighted by atomic mass is 10.1. The van der Waals surface area contributed by atoms with E-state index in [-0.39, 0.29) is 5.56 Å². The Bertz CT molecular complexity index is 1030. The van der Waals surface area contributed by atoms with Crippen molar-refractivity contribution in [3.8, 4) is 5.75 Å². The zero-order valence-electron chi connectivity index (χ0n) is 16.1. The highest BCUT2D eigenvalue weighted by Gasteiger charge is 2.32. The molecule has 1 amide bonds. The largest absolute Gasteiger partial charge is 0.489 e. The number of nitrogens with one attached hydrogen (secondary N) is 1. The van der Waals surface area contributed by atoms with Crippen LogP contribution >= 0.6 is 0 Å². The van der Waals surface area contributed by atoms with E-state index in [4.69, 9.17) is 4.74 Å². The van der Waals surface area contributed by atoms with Crippen molar-refractivity contribution in [1.29, 1.82) is 0 Å². The third-order valence-corrected chi connectivity index (χ3v) is 4.28. The molecule has 154 valence electrons. The number of hydrogen-bond donors (Lipinski definition) is 1. The van der Waals surface area contributed by atoms with Gasteiger partial charge in [0.25, 0.3) is 5.91 Å². The number of aryl methyl sites for hydroxylation is 1. The van der Waals surface area contributed by atoms with Crippen molar-refractivity contribution < 1.29 is 22.7 Å². The lowest BCUT2D eigenvalue weighted by molar-refractivity contribution is -0.137. The Morgan fingerprint density at radius 3 is 2.33 bits per heavy atom. The average Bonchev–Trinajstić information content (AvgIpc) is 2.73. The van der Waals surface area contributed by atoms with Crippen molar-refractivity contribution in [2.45, 2.75) is 19.7 Å². The van der Waals surface area contributed by atoms with E-state index in [1.54, 1.807) is 24.3 Å². The van der Waals surface area contributed by atoms with Crippen LogP contribution in [0.1, 0.15) is 32.6 Å². The van der Waals surface area contributed by atoms with E-state index in [1.165, 1.54) is 23.8 Å². The van der Waals surface area contributed by atoms with Gasteiger partial charge in [-0.2, -0.15) is 18.3 Å². The van der Waals surface area contributed by atoms with Gasteiger partial charge in [0.1, 0.15) is 12.4 Å². The second kappa shape index (κ2) is 9.26. The number of halogens is 3. The van der Waals surface area contributed by atoms with Crippen molar-refractivity contribution in [1.82, 2.24) is 5.43 Å². The van der Waals surface area contributed by atoms with Gasteiger partial charge in [0.15, 0.2) is 0 Å². The lowest BCUT2D eigenvalue weighted by Gasteiger charge is -2.09. The molecule has 3 aromatic rings. The number of amides is 1. The maximum atomic E-state index is 13.0. The number of rotatable bonds is 6. The van der Waals surface area contributed by atoms with Gasteiger partial charge < -0.3 is 4.74 Å². The molecule has 4 nitrogen and oxygen atoms in total. The smallest absolute Gasteiger partial charge is 0.417 e. The first-order valence-corrected chi connectivity index (χ1v) is 9.11. The molecule has 0 fully saturated rings. The Kier molecular flexibility index (Phi) is 6.51. The van der Waals surface area contributed by atoms with E-state index in [0.717, 1.165) is 17.8 Å². The van der Waals surface area contributed by atoms with Crippen LogP contribution in [0.2, 0.25) is 0 Å². The molecule has 0 aliphatic carbocycles. The third-order valence-electron chi connectivity index (χ3n) is 4.28. The van der Waals surface area contributed by atoms with E-state index in [2.05, 4.69) is 10.5 Å². The zero-order valence-corrected chi connectivity index (χ0v) is 16.1. The summed E-state index contributed by atoms with van der Waals surface area (Å²) in [6.07, 6.45) is -3.53. The van der Waals surface area contributed by atoms with Crippen LogP contribution in [0.3, 0.4) is 0 Å². The Morgan fingerprint density at radius 2 is 1.67 bits per heavy atom. The number of carbonyl (C=O) groups is 1. The summed E-state index contributed by atoms with van der Waals surface area (Å²) in [6.45, 7) is 2.41. The Labute approximate surface area is 172 Å². The summed E-state index contributed by atoms with van der Waals surface area (Å²) in [5, 5.41) is 3.64. The average molecular weight is 412 g/mol. The van der Waals surface area contributed by atoms with E-state index in [0.29, 0.717) is 17.9 Å². The molecule has 0 unspecified atom stereocenters. The second-order valence-corrected chi connectivity index (χ2v) is 6.58. The fraction of sp³-hybridized carbons (Fsp3) is 0.130. The summed E-state index contributed by atoms with van der Waals surface area (Å²) in [5.41, 5.74) is 3.77. The molecule has 0 spiro atoms.